The third kappa shape index (κ3) is 4.28. The summed E-state index contributed by atoms with van der Waals surface area (Å²) >= 11 is 1.45. The quantitative estimate of drug-likeness (QED) is 0.855. The number of benzene rings is 1. The van der Waals surface area contributed by atoms with Crippen molar-refractivity contribution in [3.63, 3.8) is 0 Å². The van der Waals surface area contributed by atoms with Crippen LogP contribution in [0, 0.1) is 12.7 Å². The minimum absolute atomic E-state index is 0.222. The number of hydrogen-bond acceptors (Lipinski definition) is 4. The van der Waals surface area contributed by atoms with Gasteiger partial charge in [-0.2, -0.15) is 0 Å². The van der Waals surface area contributed by atoms with E-state index in [0.29, 0.717) is 17.7 Å². The van der Waals surface area contributed by atoms with Crippen LogP contribution in [0.4, 0.5) is 4.39 Å². The zero-order chi connectivity index (χ0) is 14.5. The van der Waals surface area contributed by atoms with Crippen molar-refractivity contribution in [1.29, 1.82) is 0 Å². The number of aryl methyl sites for hydroxylation is 1. The maximum absolute atomic E-state index is 13.4. The van der Waals surface area contributed by atoms with Gasteiger partial charge < -0.3 is 5.32 Å². The summed E-state index contributed by atoms with van der Waals surface area (Å²) in [4.78, 5) is 9.52. The second kappa shape index (κ2) is 6.81. The lowest BCUT2D eigenvalue weighted by Crippen LogP contribution is -2.22. The van der Waals surface area contributed by atoms with E-state index in [1.807, 2.05) is 6.92 Å². The zero-order valence-electron chi connectivity index (χ0n) is 11.9. The summed E-state index contributed by atoms with van der Waals surface area (Å²) in [6, 6.07) is 5.16. The Hall–Kier alpha value is -1.46. The Morgan fingerprint density at radius 3 is 2.60 bits per heavy atom. The second-order valence-electron chi connectivity index (χ2n) is 4.93. The lowest BCUT2D eigenvalue weighted by Gasteiger charge is -2.12. The van der Waals surface area contributed by atoms with Gasteiger partial charge in [-0.3, -0.25) is 0 Å². The monoisotopic (exact) mass is 291 g/mol. The standard InChI is InChI=1S/C15H18FN3S/c1-10(2)17-9-12-6-13(16)4-5-14(12)20-15-18-7-11(3)8-19-15/h4-8,10,17H,9H2,1-3H3. The highest BCUT2D eigenvalue weighted by atomic mass is 32.2. The Kier molecular flexibility index (Phi) is 5.09. The number of nitrogens with zero attached hydrogens (tertiary/aromatic N) is 2. The first-order chi connectivity index (χ1) is 9.54. The summed E-state index contributed by atoms with van der Waals surface area (Å²) < 4.78 is 13.4. The maximum atomic E-state index is 13.4. The predicted molar refractivity (Wildman–Crippen MR) is 79.3 cm³/mol. The molecule has 2 aromatic rings. The van der Waals surface area contributed by atoms with Gasteiger partial charge in [0.2, 0.25) is 0 Å². The molecule has 0 bridgehead atoms. The molecule has 1 aromatic carbocycles. The first-order valence-electron chi connectivity index (χ1n) is 6.53. The lowest BCUT2D eigenvalue weighted by molar-refractivity contribution is 0.576. The minimum atomic E-state index is -0.222. The van der Waals surface area contributed by atoms with Crippen LogP contribution in [0.1, 0.15) is 25.0 Å². The summed E-state index contributed by atoms with van der Waals surface area (Å²) in [7, 11) is 0. The lowest BCUT2D eigenvalue weighted by atomic mass is 10.2. The average molecular weight is 291 g/mol. The van der Waals surface area contributed by atoms with Gasteiger partial charge in [-0.1, -0.05) is 13.8 Å². The van der Waals surface area contributed by atoms with Gasteiger partial charge in [0, 0.05) is 29.9 Å². The van der Waals surface area contributed by atoms with E-state index in [1.165, 1.54) is 17.8 Å². The molecule has 0 spiro atoms. The molecule has 0 fully saturated rings. The van der Waals surface area contributed by atoms with Crippen LogP contribution in [0.15, 0.2) is 40.6 Å². The predicted octanol–water partition coefficient (Wildman–Crippen LogP) is 3.57. The van der Waals surface area contributed by atoms with Gasteiger partial charge in [0.1, 0.15) is 5.82 Å². The van der Waals surface area contributed by atoms with Crippen molar-refractivity contribution in [3.05, 3.63) is 47.5 Å². The Bertz CT molecular complexity index is 570. The van der Waals surface area contributed by atoms with E-state index in [0.717, 1.165) is 16.0 Å². The Balaban J connectivity index is 2.19. The van der Waals surface area contributed by atoms with Crippen LogP contribution in [0.3, 0.4) is 0 Å². The van der Waals surface area contributed by atoms with Crippen molar-refractivity contribution in [2.24, 2.45) is 0 Å². The molecule has 0 aliphatic carbocycles. The van der Waals surface area contributed by atoms with Crippen molar-refractivity contribution in [3.8, 4) is 0 Å². The highest BCUT2D eigenvalue weighted by Gasteiger charge is 2.08. The molecule has 0 aliphatic heterocycles. The zero-order valence-corrected chi connectivity index (χ0v) is 12.7. The SMILES string of the molecule is Cc1cnc(Sc2ccc(F)cc2CNC(C)C)nc1. The van der Waals surface area contributed by atoms with Gasteiger partial charge in [0.25, 0.3) is 0 Å². The Morgan fingerprint density at radius 2 is 1.95 bits per heavy atom. The van der Waals surface area contributed by atoms with Crippen molar-refractivity contribution in [1.82, 2.24) is 15.3 Å². The van der Waals surface area contributed by atoms with Gasteiger partial charge in [0.05, 0.1) is 0 Å². The summed E-state index contributed by atoms with van der Waals surface area (Å²) in [5.41, 5.74) is 1.95. The summed E-state index contributed by atoms with van der Waals surface area (Å²) in [5.74, 6) is -0.222. The second-order valence-corrected chi connectivity index (χ2v) is 5.94. The van der Waals surface area contributed by atoms with Crippen LogP contribution in [-0.4, -0.2) is 16.0 Å². The molecule has 1 aromatic heterocycles. The third-order valence-electron chi connectivity index (χ3n) is 2.68. The van der Waals surface area contributed by atoms with Crippen LogP contribution >= 0.6 is 11.8 Å². The molecule has 0 amide bonds. The van der Waals surface area contributed by atoms with E-state index < -0.39 is 0 Å². The number of rotatable bonds is 5. The number of nitrogens with one attached hydrogen (secondary N) is 1. The number of hydrogen-bond donors (Lipinski definition) is 1. The molecular weight excluding hydrogens is 273 g/mol. The molecule has 0 aliphatic rings. The fraction of sp³-hybridized carbons (Fsp3) is 0.333. The normalized spacial score (nSPS) is 11.1. The van der Waals surface area contributed by atoms with Crippen molar-refractivity contribution >= 4 is 11.8 Å². The fourth-order valence-corrected chi connectivity index (χ4v) is 2.44. The van der Waals surface area contributed by atoms with Crippen molar-refractivity contribution in [2.45, 2.75) is 43.4 Å². The fourth-order valence-electron chi connectivity index (χ4n) is 1.63. The van der Waals surface area contributed by atoms with Crippen LogP contribution in [-0.2, 0) is 6.54 Å². The molecule has 1 N–H and O–H groups in total. The van der Waals surface area contributed by atoms with Gasteiger partial charge >= 0.3 is 0 Å². The molecule has 0 radical (unpaired) electrons. The summed E-state index contributed by atoms with van der Waals surface area (Å²) in [6.45, 7) is 6.71. The molecule has 0 saturated carbocycles. The first-order valence-corrected chi connectivity index (χ1v) is 7.34. The van der Waals surface area contributed by atoms with E-state index >= 15 is 0 Å². The van der Waals surface area contributed by atoms with Gasteiger partial charge in [-0.05, 0) is 48.0 Å². The van der Waals surface area contributed by atoms with Gasteiger partial charge in [0.15, 0.2) is 5.16 Å². The molecule has 106 valence electrons. The molecule has 3 nitrogen and oxygen atoms in total. The average Bonchev–Trinajstić information content (AvgIpc) is 2.41. The minimum Gasteiger partial charge on any atom is -0.310 e. The molecule has 0 atom stereocenters. The highest BCUT2D eigenvalue weighted by Crippen LogP contribution is 2.28. The van der Waals surface area contributed by atoms with Gasteiger partial charge in [-0.15, -0.1) is 0 Å². The van der Waals surface area contributed by atoms with E-state index in [-0.39, 0.29) is 5.82 Å². The topological polar surface area (TPSA) is 37.8 Å². The third-order valence-corrected chi connectivity index (χ3v) is 3.69. The van der Waals surface area contributed by atoms with Crippen LogP contribution < -0.4 is 5.32 Å². The van der Waals surface area contributed by atoms with E-state index in [1.54, 1.807) is 24.5 Å². The molecular formula is C15H18FN3S. The van der Waals surface area contributed by atoms with Crippen molar-refractivity contribution < 1.29 is 4.39 Å². The van der Waals surface area contributed by atoms with E-state index in [4.69, 9.17) is 0 Å². The molecule has 0 unspecified atom stereocenters. The molecule has 2 rings (SSSR count). The van der Waals surface area contributed by atoms with Crippen LogP contribution in [0.25, 0.3) is 0 Å². The van der Waals surface area contributed by atoms with Gasteiger partial charge in [-0.25, -0.2) is 14.4 Å². The van der Waals surface area contributed by atoms with E-state index in [9.17, 15) is 4.39 Å². The first kappa shape index (κ1) is 14.9. The molecule has 1 heterocycles. The largest absolute Gasteiger partial charge is 0.310 e. The van der Waals surface area contributed by atoms with Crippen LogP contribution in [0.5, 0.6) is 0 Å². The summed E-state index contributed by atoms with van der Waals surface area (Å²) in [5, 5.41) is 3.98. The smallest absolute Gasteiger partial charge is 0.192 e. The van der Waals surface area contributed by atoms with Crippen molar-refractivity contribution in [2.75, 3.05) is 0 Å². The Labute approximate surface area is 123 Å². The molecule has 0 saturated heterocycles. The van der Waals surface area contributed by atoms with E-state index in [2.05, 4.69) is 29.1 Å². The number of halogens is 1. The molecule has 20 heavy (non-hydrogen) atoms. The molecule has 5 heteroatoms. The number of aromatic nitrogens is 2. The van der Waals surface area contributed by atoms with Crippen LogP contribution in [0.2, 0.25) is 0 Å². The maximum Gasteiger partial charge on any atom is 0.192 e. The highest BCUT2D eigenvalue weighted by molar-refractivity contribution is 7.99. The Morgan fingerprint density at radius 1 is 1.25 bits per heavy atom. The summed E-state index contributed by atoms with van der Waals surface area (Å²) in [6.07, 6.45) is 3.57.